The summed E-state index contributed by atoms with van der Waals surface area (Å²) in [6.45, 7) is 1.33. The summed E-state index contributed by atoms with van der Waals surface area (Å²) in [7, 11) is 0. The Morgan fingerprint density at radius 2 is 2.23 bits per heavy atom. The molecule has 1 aromatic carbocycles. The van der Waals surface area contributed by atoms with E-state index in [0.717, 1.165) is 0 Å². The maximum Gasteiger partial charge on any atom is 0.231 e. The fraction of sp³-hybridized carbons (Fsp3) is 0.222. The molecule has 0 saturated carbocycles. The molecule has 0 atom stereocenters. The van der Waals surface area contributed by atoms with Crippen LogP contribution < -0.4 is 9.47 Å². The van der Waals surface area contributed by atoms with Crippen molar-refractivity contribution in [3.05, 3.63) is 23.5 Å². The molecule has 0 aliphatic carbocycles. The smallest absolute Gasteiger partial charge is 0.231 e. The molecule has 4 heteroatoms. The Bertz CT molecular complexity index is 373. The molecule has 0 aromatic heterocycles. The van der Waals surface area contributed by atoms with E-state index in [2.05, 4.69) is 0 Å². The summed E-state index contributed by atoms with van der Waals surface area (Å²) in [5.41, 5.74) is -0.0324. The van der Waals surface area contributed by atoms with Gasteiger partial charge in [0.05, 0.1) is 5.56 Å². The number of hydrogen-bond acceptors (Lipinski definition) is 3. The second kappa shape index (κ2) is 2.73. The molecule has 68 valence electrons. The zero-order valence-electron chi connectivity index (χ0n) is 6.96. The van der Waals surface area contributed by atoms with Gasteiger partial charge in [-0.3, -0.25) is 4.79 Å². The molecule has 13 heavy (non-hydrogen) atoms. The summed E-state index contributed by atoms with van der Waals surface area (Å²) in [5.74, 6) is -0.296. The molecule has 1 aromatic rings. The van der Waals surface area contributed by atoms with Gasteiger partial charge in [-0.15, -0.1) is 0 Å². The highest BCUT2D eigenvalue weighted by Crippen LogP contribution is 2.36. The van der Waals surface area contributed by atoms with Crippen molar-refractivity contribution in [3.8, 4) is 11.5 Å². The predicted molar refractivity (Wildman–Crippen MR) is 42.5 cm³/mol. The van der Waals surface area contributed by atoms with Crippen LogP contribution in [0.2, 0.25) is 0 Å². The minimum absolute atomic E-state index is 0.0324. The van der Waals surface area contributed by atoms with Gasteiger partial charge < -0.3 is 9.47 Å². The van der Waals surface area contributed by atoms with Gasteiger partial charge in [0.15, 0.2) is 17.3 Å². The fourth-order valence-electron chi connectivity index (χ4n) is 1.28. The van der Waals surface area contributed by atoms with E-state index in [-0.39, 0.29) is 23.9 Å². The molecule has 1 heterocycles. The molecule has 0 saturated heterocycles. The van der Waals surface area contributed by atoms with Crippen molar-refractivity contribution in [2.45, 2.75) is 6.92 Å². The summed E-state index contributed by atoms with van der Waals surface area (Å²) in [4.78, 5) is 11.1. The highest BCUT2D eigenvalue weighted by molar-refractivity contribution is 5.98. The number of carbonyl (C=O) groups excluding carboxylic acids is 1. The lowest BCUT2D eigenvalue weighted by Gasteiger charge is -2.02. The van der Waals surface area contributed by atoms with Crippen LogP contribution in [0.4, 0.5) is 4.39 Å². The lowest BCUT2D eigenvalue weighted by Crippen LogP contribution is -2.00. The van der Waals surface area contributed by atoms with Gasteiger partial charge in [0, 0.05) is 0 Å². The Labute approximate surface area is 74.1 Å². The monoisotopic (exact) mass is 182 g/mol. The largest absolute Gasteiger partial charge is 0.454 e. The molecular weight excluding hydrogens is 175 g/mol. The Hall–Kier alpha value is -1.58. The van der Waals surface area contributed by atoms with Gasteiger partial charge in [0.1, 0.15) is 5.82 Å². The molecule has 0 fully saturated rings. The Balaban J connectivity index is 2.65. The summed E-state index contributed by atoms with van der Waals surface area (Å²) in [6, 6.07) is 2.65. The van der Waals surface area contributed by atoms with Gasteiger partial charge in [-0.1, -0.05) is 0 Å². The normalized spacial score (nSPS) is 13.1. The van der Waals surface area contributed by atoms with Crippen molar-refractivity contribution < 1.29 is 18.7 Å². The van der Waals surface area contributed by atoms with Crippen LogP contribution in [0.15, 0.2) is 12.1 Å². The maximum absolute atomic E-state index is 13.1. The van der Waals surface area contributed by atoms with E-state index in [0.29, 0.717) is 5.75 Å². The van der Waals surface area contributed by atoms with Crippen LogP contribution in [0.1, 0.15) is 17.3 Å². The fourth-order valence-corrected chi connectivity index (χ4v) is 1.28. The van der Waals surface area contributed by atoms with Gasteiger partial charge >= 0.3 is 0 Å². The molecule has 0 N–H and O–H groups in total. The number of fused-ring (bicyclic) bond motifs is 1. The van der Waals surface area contributed by atoms with Gasteiger partial charge in [0.25, 0.3) is 0 Å². The van der Waals surface area contributed by atoms with E-state index in [1.165, 1.54) is 19.1 Å². The molecule has 1 aliphatic rings. The minimum atomic E-state index is -0.572. The van der Waals surface area contributed by atoms with Crippen LogP contribution in [-0.2, 0) is 0 Å². The number of benzene rings is 1. The third-order valence-electron chi connectivity index (χ3n) is 1.84. The second-order valence-electron chi connectivity index (χ2n) is 2.71. The zero-order chi connectivity index (χ0) is 9.42. The van der Waals surface area contributed by atoms with Gasteiger partial charge in [-0.25, -0.2) is 4.39 Å². The van der Waals surface area contributed by atoms with Gasteiger partial charge in [-0.2, -0.15) is 0 Å². The van der Waals surface area contributed by atoms with Crippen LogP contribution in [0.25, 0.3) is 0 Å². The third-order valence-corrected chi connectivity index (χ3v) is 1.84. The predicted octanol–water partition coefficient (Wildman–Crippen LogP) is 1.76. The number of carbonyl (C=O) groups is 1. The molecule has 0 bridgehead atoms. The van der Waals surface area contributed by atoms with Gasteiger partial charge in [0.2, 0.25) is 6.79 Å². The topological polar surface area (TPSA) is 35.5 Å². The average Bonchev–Trinajstić information content (AvgIpc) is 2.50. The standard InChI is InChI=1S/C9H7FO3/c1-5(11)8-6(10)2-3-7-9(8)13-4-12-7/h2-3H,4H2,1H3. The van der Waals surface area contributed by atoms with Crippen LogP contribution >= 0.6 is 0 Å². The molecular formula is C9H7FO3. The number of ether oxygens (including phenoxy) is 2. The quantitative estimate of drug-likeness (QED) is 0.621. The van der Waals surface area contributed by atoms with Crippen LogP contribution in [0.3, 0.4) is 0 Å². The first-order chi connectivity index (χ1) is 6.20. The maximum atomic E-state index is 13.1. The van der Waals surface area contributed by atoms with E-state index < -0.39 is 5.82 Å². The zero-order valence-corrected chi connectivity index (χ0v) is 6.96. The Kier molecular flexibility index (Phi) is 1.69. The van der Waals surface area contributed by atoms with Crippen molar-refractivity contribution in [3.63, 3.8) is 0 Å². The van der Waals surface area contributed by atoms with Crippen LogP contribution in [0.5, 0.6) is 11.5 Å². The summed E-state index contributed by atoms with van der Waals surface area (Å²) < 4.78 is 23.1. The van der Waals surface area contributed by atoms with Crippen LogP contribution in [0, 0.1) is 5.82 Å². The molecule has 0 spiro atoms. The average molecular weight is 182 g/mol. The Morgan fingerprint density at radius 3 is 2.92 bits per heavy atom. The number of rotatable bonds is 1. The number of halogens is 1. The molecule has 0 amide bonds. The Morgan fingerprint density at radius 1 is 1.46 bits per heavy atom. The van der Waals surface area contributed by atoms with Gasteiger partial charge in [-0.05, 0) is 19.1 Å². The van der Waals surface area contributed by atoms with E-state index in [9.17, 15) is 9.18 Å². The van der Waals surface area contributed by atoms with E-state index in [4.69, 9.17) is 9.47 Å². The lowest BCUT2D eigenvalue weighted by molar-refractivity contribution is 0.100. The lowest BCUT2D eigenvalue weighted by atomic mass is 10.1. The minimum Gasteiger partial charge on any atom is -0.454 e. The first-order valence-electron chi connectivity index (χ1n) is 3.79. The van der Waals surface area contributed by atoms with Crippen molar-refractivity contribution in [2.75, 3.05) is 6.79 Å². The van der Waals surface area contributed by atoms with Crippen molar-refractivity contribution in [1.82, 2.24) is 0 Å². The highest BCUT2D eigenvalue weighted by Gasteiger charge is 2.23. The molecule has 0 unspecified atom stereocenters. The third kappa shape index (κ3) is 1.14. The number of hydrogen-bond donors (Lipinski definition) is 0. The summed E-state index contributed by atoms with van der Waals surface area (Å²) in [5, 5.41) is 0. The van der Waals surface area contributed by atoms with E-state index >= 15 is 0 Å². The highest BCUT2D eigenvalue weighted by atomic mass is 19.1. The summed E-state index contributed by atoms with van der Waals surface area (Å²) >= 11 is 0. The van der Waals surface area contributed by atoms with Crippen molar-refractivity contribution >= 4 is 5.78 Å². The molecule has 2 rings (SSSR count). The summed E-state index contributed by atoms with van der Waals surface area (Å²) in [6.07, 6.45) is 0. The van der Waals surface area contributed by atoms with E-state index in [1.807, 2.05) is 0 Å². The molecule has 3 nitrogen and oxygen atoms in total. The van der Waals surface area contributed by atoms with E-state index in [1.54, 1.807) is 0 Å². The first kappa shape index (κ1) is 8.04. The number of Topliss-reactive ketones (excluding diaryl/α,β-unsaturated/α-hetero) is 1. The SMILES string of the molecule is CC(=O)c1c(F)ccc2c1OCO2. The second-order valence-corrected chi connectivity index (χ2v) is 2.71. The number of ketones is 1. The first-order valence-corrected chi connectivity index (χ1v) is 3.79. The molecule has 0 radical (unpaired) electrons. The molecule has 1 aliphatic heterocycles. The van der Waals surface area contributed by atoms with Crippen molar-refractivity contribution in [2.24, 2.45) is 0 Å². The van der Waals surface area contributed by atoms with Crippen LogP contribution in [-0.4, -0.2) is 12.6 Å². The van der Waals surface area contributed by atoms with Crippen molar-refractivity contribution in [1.29, 1.82) is 0 Å².